The minimum Gasteiger partial charge on any atom is -0.508 e. The molecule has 2 fully saturated rings. The highest BCUT2D eigenvalue weighted by Crippen LogP contribution is 2.30. The summed E-state index contributed by atoms with van der Waals surface area (Å²) in [4.78, 5) is 176. The molecule has 100 heavy (non-hydrogen) atoms. The number of carboxylic acids is 2. The number of hydrogen-bond donors (Lipinski definition) is 11. The number of aromatic hydroxyl groups is 1. The van der Waals surface area contributed by atoms with Crippen molar-refractivity contribution in [3.63, 3.8) is 0 Å². The zero-order valence-electron chi connectivity index (χ0n) is 56.3. The van der Waals surface area contributed by atoms with Crippen molar-refractivity contribution >= 4 is 104 Å². The molecule has 546 valence electrons. The number of carbonyl (C=O) groups excluding carboxylic acids is 10. The van der Waals surface area contributed by atoms with Crippen LogP contribution in [0.4, 0.5) is 0 Å². The highest BCUT2D eigenvalue weighted by atomic mass is 33.1. The molecule has 1 aromatic heterocycles. The quantitative estimate of drug-likeness (QED) is 0.0198. The lowest BCUT2D eigenvalue weighted by atomic mass is 9.87. The van der Waals surface area contributed by atoms with Crippen molar-refractivity contribution in [3.05, 3.63) is 102 Å². The maximum atomic E-state index is 15.4. The molecule has 0 radical (unpaired) electrons. The maximum absolute atomic E-state index is 15.4. The highest BCUT2D eigenvalue weighted by molar-refractivity contribution is 8.76. The number of aliphatic hydroxyl groups excluding tert-OH is 2. The van der Waals surface area contributed by atoms with E-state index in [4.69, 9.17) is 15.2 Å². The first-order chi connectivity index (χ1) is 47.9. The lowest BCUT2D eigenvalue weighted by molar-refractivity contribution is -0.148. The normalized spacial score (nSPS) is 22.0. The molecule has 10 atom stereocenters. The average molecular weight is 1430 g/mol. The van der Waals surface area contributed by atoms with Crippen LogP contribution < -0.4 is 27.0 Å². The Morgan fingerprint density at radius 3 is 1.85 bits per heavy atom. The van der Waals surface area contributed by atoms with Crippen LogP contribution >= 0.6 is 21.6 Å². The molecule has 0 spiro atoms. The second-order valence-electron chi connectivity index (χ2n) is 25.4. The van der Waals surface area contributed by atoms with Crippen LogP contribution in [0.5, 0.6) is 5.75 Å². The molecule has 4 aromatic rings. The van der Waals surface area contributed by atoms with E-state index in [1.807, 2.05) is 18.2 Å². The number of rotatable bonds is 30. The molecule has 2 aliphatic heterocycles. The number of H-pyrrole nitrogens is 1. The molecular weight excluding hydrogens is 1340 g/mol. The first-order valence-electron chi connectivity index (χ1n) is 33.4. The molecule has 0 saturated carbocycles. The summed E-state index contributed by atoms with van der Waals surface area (Å²) >= 11 is 0. The van der Waals surface area contributed by atoms with Gasteiger partial charge in [0.15, 0.2) is 23.1 Å². The van der Waals surface area contributed by atoms with E-state index in [0.29, 0.717) is 55.6 Å². The van der Waals surface area contributed by atoms with Gasteiger partial charge in [0.25, 0.3) is 12.9 Å². The topological polar surface area (TPSA) is 427 Å². The number of aromatic amines is 1. The summed E-state index contributed by atoms with van der Waals surface area (Å²) in [7, 11) is 1.92. The number of para-hydroxylation sites is 1. The standard InChI is InChI=1S/C69H94N10O19S2/c1-44(82)53-33-62(87)56(14-8-9-19-70)73-66(92)48(30-49-35-71-55-13-7-6-12-52(49)55)31-60(85)58(29-47-15-17-51(84)18-16-47)74-67(93)50(38-99-100-39-59(75-68(53)94)63(88)34-54(45(2)83)69(95)96)32-61(86)57(28-46-10-4-3-5-11-46)72-64(89)36-76-20-21-77(37-65(90)91)23-25-79(41-98-43-81)27-26-78(24-22-76)40-97-42-80/h3-7,10-13,15-18,35,42-45,48,50,53-54,56-59,71,82-84H,8-9,14,19-34,36-41,70H2,1-2H3,(H,72,89)(H,73,92)(H,74,93)(H,75,94)(H,90,91)(H,95,96)/t44-,45-,48+,50?,53+,54+,56+,57-,58+,59+/m1/s1. The van der Waals surface area contributed by atoms with Gasteiger partial charge in [-0.25, -0.2) is 0 Å². The minimum atomic E-state index is -1.62. The summed E-state index contributed by atoms with van der Waals surface area (Å²) in [5.41, 5.74) is 8.33. The predicted molar refractivity (Wildman–Crippen MR) is 371 cm³/mol. The van der Waals surface area contributed by atoms with Gasteiger partial charge in [-0.3, -0.25) is 77.1 Å². The number of Topliss-reactive ketones (excluding diaryl/α,β-unsaturated/α-hetero) is 4. The lowest BCUT2D eigenvalue weighted by Crippen LogP contribution is -2.51. The van der Waals surface area contributed by atoms with E-state index >= 15 is 19.2 Å². The lowest BCUT2D eigenvalue weighted by Gasteiger charge is -2.33. The molecule has 6 rings (SSSR count). The van der Waals surface area contributed by atoms with Gasteiger partial charge < -0.3 is 67.0 Å². The van der Waals surface area contributed by atoms with Crippen molar-refractivity contribution in [1.82, 2.24) is 45.9 Å². The maximum Gasteiger partial charge on any atom is 0.317 e. The summed E-state index contributed by atoms with van der Waals surface area (Å²) in [6.45, 7) is 4.26. The second kappa shape index (κ2) is 42.2. The third kappa shape index (κ3) is 27.1. The SMILES string of the molecule is C[C@@H](O)[C@H](CC(=O)[C@@H]1CSSCC(CC(=O)[C@@H](Cc2ccccc2)NC(=O)CN2CCN(COC=O)CCN(COC=O)CCN(CC(=O)O)CC2)C(=O)N[C@@H](Cc2ccc(O)cc2)C(=O)C[C@H](Cc2c[nH]c3ccccc23)C(=O)N[C@@H](CCCCN)C(=O)C[C@@H]([C@@H](C)O)C(=O)N1)C(=O)O. The minimum absolute atomic E-state index is 0.0270. The summed E-state index contributed by atoms with van der Waals surface area (Å²) < 4.78 is 10.1. The second-order valence-corrected chi connectivity index (χ2v) is 27.9. The molecule has 1 unspecified atom stereocenters. The molecule has 29 nitrogen and oxygen atoms in total. The largest absolute Gasteiger partial charge is 0.508 e. The Kier molecular flexibility index (Phi) is 34.1. The number of benzene rings is 3. The van der Waals surface area contributed by atoms with Gasteiger partial charge in [0.05, 0.1) is 67.2 Å². The zero-order valence-corrected chi connectivity index (χ0v) is 58.0. The van der Waals surface area contributed by atoms with Crippen LogP contribution in [-0.4, -0.2) is 255 Å². The Morgan fingerprint density at radius 2 is 1.25 bits per heavy atom. The number of aromatic nitrogens is 1. The van der Waals surface area contributed by atoms with Crippen LogP contribution in [0.15, 0.2) is 85.1 Å². The van der Waals surface area contributed by atoms with Gasteiger partial charge in [0.2, 0.25) is 23.6 Å². The molecule has 3 aromatic carbocycles. The van der Waals surface area contributed by atoms with Crippen molar-refractivity contribution < 1.29 is 92.5 Å². The smallest absolute Gasteiger partial charge is 0.317 e. The Labute approximate surface area is 588 Å². The number of phenolic OH excluding ortho intramolecular Hbond substituents is 1. The summed E-state index contributed by atoms with van der Waals surface area (Å²) in [5, 5.41) is 63.9. The fourth-order valence-corrected chi connectivity index (χ4v) is 14.4. The molecule has 0 bridgehead atoms. The number of phenols is 1. The average Bonchev–Trinajstić information content (AvgIpc) is 1.56. The van der Waals surface area contributed by atoms with Crippen LogP contribution in [0.3, 0.4) is 0 Å². The van der Waals surface area contributed by atoms with Crippen molar-refractivity contribution in [2.45, 2.75) is 114 Å². The summed E-state index contributed by atoms with van der Waals surface area (Å²) in [6, 6.07) is 16.3. The number of aliphatic carboxylic acids is 2. The van der Waals surface area contributed by atoms with E-state index < -0.39 is 144 Å². The van der Waals surface area contributed by atoms with Crippen LogP contribution in [0.2, 0.25) is 0 Å². The van der Waals surface area contributed by atoms with Crippen molar-refractivity contribution in [2.24, 2.45) is 29.4 Å². The van der Waals surface area contributed by atoms with E-state index in [0.717, 1.165) is 32.5 Å². The molecular formula is C69H94N10O19S2. The van der Waals surface area contributed by atoms with Gasteiger partial charge in [-0.1, -0.05) is 82.3 Å². The van der Waals surface area contributed by atoms with Gasteiger partial charge in [0, 0.05) is 113 Å². The fraction of sp³-hybridized carbons (Fsp3) is 0.536. The number of carboxylic acid groups (broad SMARTS) is 2. The fourth-order valence-electron chi connectivity index (χ4n) is 11.9. The molecule has 2 saturated heterocycles. The Morgan fingerprint density at radius 1 is 0.670 bits per heavy atom. The van der Waals surface area contributed by atoms with E-state index in [1.54, 1.807) is 74.3 Å². The number of nitrogens with two attached hydrogens (primary N) is 1. The van der Waals surface area contributed by atoms with Crippen molar-refractivity contribution in [2.75, 3.05) is 97.0 Å². The van der Waals surface area contributed by atoms with Crippen LogP contribution in [0.25, 0.3) is 10.9 Å². The number of carbonyl (C=O) groups is 12. The predicted octanol–water partition coefficient (Wildman–Crippen LogP) is 1.08. The molecule has 31 heteroatoms. The number of amides is 4. The van der Waals surface area contributed by atoms with Crippen LogP contribution in [-0.2, 0) is 86.3 Å². The number of nitrogens with zero attached hydrogens (tertiary/aromatic N) is 4. The van der Waals surface area contributed by atoms with E-state index in [2.05, 4.69) is 26.3 Å². The first kappa shape index (κ1) is 80.8. The Bertz CT molecular complexity index is 3360. The molecule has 0 aliphatic carbocycles. The zero-order chi connectivity index (χ0) is 72.7. The van der Waals surface area contributed by atoms with Gasteiger partial charge in [-0.15, -0.1) is 0 Å². The molecule has 12 N–H and O–H groups in total. The number of unbranched alkanes of at least 4 members (excludes halogenated alkanes) is 1. The number of nitrogens with one attached hydrogen (secondary N) is 5. The highest BCUT2D eigenvalue weighted by Gasteiger charge is 2.38. The third-order valence-corrected chi connectivity index (χ3v) is 20.3. The Balaban J connectivity index is 1.41. The monoisotopic (exact) mass is 1430 g/mol. The van der Waals surface area contributed by atoms with Crippen molar-refractivity contribution in [3.8, 4) is 5.75 Å². The number of hydrogen-bond acceptors (Lipinski definition) is 24. The van der Waals surface area contributed by atoms with Gasteiger partial charge >= 0.3 is 11.9 Å². The Hall–Kier alpha value is -8.14. The third-order valence-electron chi connectivity index (χ3n) is 17.8. The number of aliphatic hydroxyl groups is 2. The number of ether oxygens (including phenoxy) is 2. The van der Waals surface area contributed by atoms with Gasteiger partial charge in [-0.05, 0) is 93.8 Å². The van der Waals surface area contributed by atoms with Gasteiger partial charge in [-0.2, -0.15) is 0 Å². The van der Waals surface area contributed by atoms with E-state index in [9.17, 15) is 63.9 Å². The number of fused-ring (bicyclic) bond motifs is 1. The first-order valence-corrected chi connectivity index (χ1v) is 35.9. The van der Waals surface area contributed by atoms with E-state index in [-0.39, 0.29) is 115 Å². The number of ketones is 4. The van der Waals surface area contributed by atoms with Crippen LogP contribution in [0, 0.1) is 23.7 Å². The van der Waals surface area contributed by atoms with Gasteiger partial charge in [0.1, 0.15) is 19.2 Å². The summed E-state index contributed by atoms with van der Waals surface area (Å²) in [6.07, 6.45) is -3.41. The summed E-state index contributed by atoms with van der Waals surface area (Å²) in [5.74, 6) is -14.9. The molecule has 2 aliphatic rings. The van der Waals surface area contributed by atoms with Crippen molar-refractivity contribution in [1.29, 1.82) is 0 Å². The van der Waals surface area contributed by atoms with E-state index in [1.165, 1.54) is 26.0 Å². The van der Waals surface area contributed by atoms with Crippen LogP contribution in [0.1, 0.15) is 75.5 Å². The molecule has 4 amide bonds. The molecule has 3 heterocycles.